The van der Waals surface area contributed by atoms with Crippen molar-refractivity contribution in [3.8, 4) is 0 Å². The minimum atomic E-state index is 0.0595. The maximum Gasteiger partial charge on any atom is 0.114 e. The van der Waals surface area contributed by atoms with Gasteiger partial charge in [-0.25, -0.2) is 0 Å². The highest BCUT2D eigenvalue weighted by atomic mass is 16.6. The number of benzene rings is 2. The quantitative estimate of drug-likeness (QED) is 0.626. The summed E-state index contributed by atoms with van der Waals surface area (Å²) in [6, 6.07) is 17.4. The van der Waals surface area contributed by atoms with Gasteiger partial charge in [0.2, 0.25) is 0 Å². The molecule has 1 saturated heterocycles. The Balaban J connectivity index is 2.05. The van der Waals surface area contributed by atoms with Crippen LogP contribution in [0.15, 0.2) is 48.5 Å². The van der Waals surface area contributed by atoms with E-state index in [1.807, 2.05) is 0 Å². The number of rotatable bonds is 0. The second kappa shape index (κ2) is 3.24. The monoisotopic (exact) mass is 236 g/mol. The molecule has 0 aromatic heterocycles. The number of hydrogen-bond donors (Lipinski definition) is 0. The largest absolute Gasteiger partial charge is 0.359 e. The van der Waals surface area contributed by atoms with Crippen LogP contribution in [0.1, 0.15) is 48.3 Å². The van der Waals surface area contributed by atoms with E-state index in [-0.39, 0.29) is 17.6 Å². The fourth-order valence-corrected chi connectivity index (χ4v) is 3.36. The van der Waals surface area contributed by atoms with Crippen LogP contribution in [-0.4, -0.2) is 0 Å². The van der Waals surface area contributed by atoms with Crippen LogP contribution in [-0.2, 0) is 10.2 Å². The van der Waals surface area contributed by atoms with Gasteiger partial charge in [0.05, 0.1) is 0 Å². The van der Waals surface area contributed by atoms with Crippen molar-refractivity contribution in [1.82, 2.24) is 0 Å². The van der Waals surface area contributed by atoms with Crippen molar-refractivity contribution in [3.63, 3.8) is 0 Å². The summed E-state index contributed by atoms with van der Waals surface area (Å²) in [6.07, 6.45) is 0.535. The standard InChI is InChI=1S/C17H16O/c1-17(2)13-9-5-3-7-11(13)15-16(18-15)12-8-4-6-10-14(12)17/h3-10,15-16H,1-2H3. The molecule has 1 heterocycles. The smallest absolute Gasteiger partial charge is 0.114 e. The van der Waals surface area contributed by atoms with Gasteiger partial charge in [-0.15, -0.1) is 0 Å². The first-order valence-corrected chi connectivity index (χ1v) is 6.54. The van der Waals surface area contributed by atoms with Gasteiger partial charge in [0.1, 0.15) is 12.2 Å². The molecule has 0 spiro atoms. The molecule has 1 heteroatoms. The Morgan fingerprint density at radius 2 is 1.22 bits per heavy atom. The van der Waals surface area contributed by atoms with Gasteiger partial charge < -0.3 is 4.74 Å². The van der Waals surface area contributed by atoms with Crippen molar-refractivity contribution in [2.24, 2.45) is 0 Å². The molecule has 2 atom stereocenters. The van der Waals surface area contributed by atoms with E-state index in [9.17, 15) is 0 Å². The second-order valence-electron chi connectivity index (χ2n) is 5.78. The third-order valence-corrected chi connectivity index (χ3v) is 4.37. The van der Waals surface area contributed by atoms with Crippen LogP contribution in [0.25, 0.3) is 0 Å². The SMILES string of the molecule is CC1(C)c2ccccc2C2OC2c2ccccc21. The molecule has 2 aliphatic rings. The van der Waals surface area contributed by atoms with Crippen molar-refractivity contribution in [2.75, 3.05) is 0 Å². The van der Waals surface area contributed by atoms with Crippen LogP contribution in [0.4, 0.5) is 0 Å². The lowest BCUT2D eigenvalue weighted by Gasteiger charge is -2.28. The van der Waals surface area contributed by atoms with E-state index in [4.69, 9.17) is 4.74 Å². The molecule has 0 amide bonds. The molecule has 0 radical (unpaired) electrons. The highest BCUT2D eigenvalue weighted by Gasteiger charge is 2.49. The van der Waals surface area contributed by atoms with Crippen molar-refractivity contribution < 1.29 is 4.74 Å². The summed E-state index contributed by atoms with van der Waals surface area (Å²) < 4.78 is 5.90. The summed E-state index contributed by atoms with van der Waals surface area (Å²) in [5.74, 6) is 0. The van der Waals surface area contributed by atoms with Crippen molar-refractivity contribution in [3.05, 3.63) is 70.8 Å². The van der Waals surface area contributed by atoms with Crippen LogP contribution in [0, 0.1) is 0 Å². The maximum atomic E-state index is 5.90. The topological polar surface area (TPSA) is 12.5 Å². The zero-order valence-corrected chi connectivity index (χ0v) is 10.7. The van der Waals surface area contributed by atoms with Crippen LogP contribution in [0.2, 0.25) is 0 Å². The minimum absolute atomic E-state index is 0.0595. The first kappa shape index (κ1) is 10.3. The van der Waals surface area contributed by atoms with Gasteiger partial charge in [-0.2, -0.15) is 0 Å². The first-order chi connectivity index (χ1) is 8.69. The number of ether oxygens (including phenoxy) is 1. The Kier molecular flexibility index (Phi) is 1.86. The Labute approximate surface area is 107 Å². The molecule has 0 N–H and O–H groups in total. The zero-order valence-electron chi connectivity index (χ0n) is 10.7. The molecule has 0 saturated carbocycles. The molecule has 1 fully saturated rings. The van der Waals surface area contributed by atoms with E-state index in [1.54, 1.807) is 0 Å². The summed E-state index contributed by atoms with van der Waals surface area (Å²) in [5, 5.41) is 0. The Morgan fingerprint density at radius 1 is 0.778 bits per heavy atom. The lowest BCUT2D eigenvalue weighted by Crippen LogP contribution is -2.21. The first-order valence-electron chi connectivity index (χ1n) is 6.54. The molecule has 1 nitrogen and oxygen atoms in total. The van der Waals surface area contributed by atoms with Gasteiger partial charge in [-0.3, -0.25) is 0 Å². The molecule has 2 aromatic rings. The highest BCUT2D eigenvalue weighted by molar-refractivity contribution is 5.52. The average Bonchev–Trinajstić information content (AvgIpc) is 3.18. The summed E-state index contributed by atoms with van der Waals surface area (Å²) in [5.41, 5.74) is 5.60. The summed E-state index contributed by atoms with van der Waals surface area (Å²) >= 11 is 0. The third kappa shape index (κ3) is 1.20. The summed E-state index contributed by atoms with van der Waals surface area (Å²) in [4.78, 5) is 0. The maximum absolute atomic E-state index is 5.90. The lowest BCUT2D eigenvalue weighted by molar-refractivity contribution is 0.369. The van der Waals surface area contributed by atoms with E-state index in [1.165, 1.54) is 22.3 Å². The van der Waals surface area contributed by atoms with Crippen LogP contribution < -0.4 is 0 Å². The summed E-state index contributed by atoms with van der Waals surface area (Å²) in [6.45, 7) is 4.63. The van der Waals surface area contributed by atoms with Gasteiger partial charge in [0, 0.05) is 5.41 Å². The lowest BCUT2D eigenvalue weighted by atomic mass is 9.76. The van der Waals surface area contributed by atoms with E-state index >= 15 is 0 Å². The van der Waals surface area contributed by atoms with E-state index in [2.05, 4.69) is 62.4 Å². The van der Waals surface area contributed by atoms with E-state index in [0.717, 1.165) is 0 Å². The van der Waals surface area contributed by atoms with Crippen LogP contribution in [0.3, 0.4) is 0 Å². The number of epoxide rings is 1. The molecule has 4 rings (SSSR count). The van der Waals surface area contributed by atoms with Gasteiger partial charge in [0.15, 0.2) is 0 Å². The molecule has 2 unspecified atom stereocenters. The van der Waals surface area contributed by atoms with Gasteiger partial charge in [0.25, 0.3) is 0 Å². The molecule has 90 valence electrons. The second-order valence-corrected chi connectivity index (χ2v) is 5.78. The van der Waals surface area contributed by atoms with Crippen molar-refractivity contribution in [2.45, 2.75) is 31.5 Å². The fourth-order valence-electron chi connectivity index (χ4n) is 3.36. The van der Waals surface area contributed by atoms with Crippen molar-refractivity contribution >= 4 is 0 Å². The predicted octanol–water partition coefficient (Wildman–Crippen LogP) is 4.14. The molecule has 0 bridgehead atoms. The van der Waals surface area contributed by atoms with Crippen LogP contribution in [0.5, 0.6) is 0 Å². The van der Waals surface area contributed by atoms with E-state index in [0.29, 0.717) is 0 Å². The zero-order chi connectivity index (χ0) is 12.3. The molecule has 1 aliphatic heterocycles. The Hall–Kier alpha value is -1.60. The van der Waals surface area contributed by atoms with Crippen molar-refractivity contribution in [1.29, 1.82) is 0 Å². The number of fused-ring (bicyclic) bond motifs is 5. The number of hydrogen-bond acceptors (Lipinski definition) is 1. The summed E-state index contributed by atoms with van der Waals surface area (Å²) in [7, 11) is 0. The Bertz CT molecular complexity index is 574. The Morgan fingerprint density at radius 3 is 1.72 bits per heavy atom. The molecular weight excluding hydrogens is 220 g/mol. The average molecular weight is 236 g/mol. The van der Waals surface area contributed by atoms with E-state index < -0.39 is 0 Å². The molecular formula is C17H16O. The van der Waals surface area contributed by atoms with Gasteiger partial charge in [-0.05, 0) is 22.3 Å². The predicted molar refractivity (Wildman–Crippen MR) is 71.6 cm³/mol. The molecule has 18 heavy (non-hydrogen) atoms. The third-order valence-electron chi connectivity index (χ3n) is 4.37. The van der Waals surface area contributed by atoms with Crippen LogP contribution >= 0.6 is 0 Å². The van der Waals surface area contributed by atoms with Gasteiger partial charge >= 0.3 is 0 Å². The minimum Gasteiger partial charge on any atom is -0.359 e. The van der Waals surface area contributed by atoms with Gasteiger partial charge in [-0.1, -0.05) is 62.4 Å². The normalized spacial score (nSPS) is 26.6. The molecule has 2 aromatic carbocycles. The fraction of sp³-hybridized carbons (Fsp3) is 0.294. The molecule has 1 aliphatic carbocycles. The highest BCUT2D eigenvalue weighted by Crippen LogP contribution is 2.58.